The van der Waals surface area contributed by atoms with Gasteiger partial charge < -0.3 is 5.21 Å². The zero-order valence-electron chi connectivity index (χ0n) is 24.3. The van der Waals surface area contributed by atoms with Crippen LogP contribution in [0.25, 0.3) is 0 Å². The van der Waals surface area contributed by atoms with Crippen molar-refractivity contribution in [3.63, 3.8) is 0 Å². The molecule has 5 rings (SSSR count). The van der Waals surface area contributed by atoms with E-state index in [1.165, 1.54) is 12.6 Å². The number of carbonyl (C=O) groups excluding carboxylic acids is 2. The van der Waals surface area contributed by atoms with Crippen molar-refractivity contribution in [1.29, 1.82) is 0 Å². The van der Waals surface area contributed by atoms with Gasteiger partial charge in [0.1, 0.15) is 0 Å². The van der Waals surface area contributed by atoms with Gasteiger partial charge in [0, 0.05) is 23.8 Å². The number of hydrogen-bond acceptors (Lipinski definition) is 5. The molecule has 0 spiro atoms. The fourth-order valence-electron chi connectivity index (χ4n) is 10.8. The number of fused-ring (bicyclic) bond motifs is 7. The lowest BCUT2D eigenvalue weighted by atomic mass is 9.33. The van der Waals surface area contributed by atoms with Crippen LogP contribution in [-0.2, 0) is 9.59 Å². The van der Waals surface area contributed by atoms with Gasteiger partial charge in [0.15, 0.2) is 5.78 Å². The average Bonchev–Trinajstić information content (AvgIpc) is 2.80. The van der Waals surface area contributed by atoms with E-state index in [0.29, 0.717) is 12.3 Å². The lowest BCUT2D eigenvalue weighted by Gasteiger charge is -2.70. The molecule has 0 aromatic carbocycles. The highest BCUT2D eigenvalue weighted by molar-refractivity contribution is 5.97. The number of allylic oxidation sites excluding steroid dienone is 2. The van der Waals surface area contributed by atoms with Crippen molar-refractivity contribution in [3.8, 4) is 0 Å². The Bertz CT molecular complexity index is 1090. The van der Waals surface area contributed by atoms with Gasteiger partial charge in [0.2, 0.25) is 0 Å². The van der Waals surface area contributed by atoms with Crippen molar-refractivity contribution in [1.82, 2.24) is 5.06 Å². The molecule has 0 aliphatic heterocycles. The molecule has 0 saturated heterocycles. The van der Waals surface area contributed by atoms with Gasteiger partial charge in [-0.1, -0.05) is 59.2 Å². The van der Waals surface area contributed by atoms with Crippen molar-refractivity contribution in [2.45, 2.75) is 106 Å². The quantitative estimate of drug-likeness (QED) is 0.234. The van der Waals surface area contributed by atoms with Crippen molar-refractivity contribution < 1.29 is 20.0 Å². The molecule has 6 heteroatoms. The number of oxime groups is 1. The molecule has 8 atom stereocenters. The summed E-state index contributed by atoms with van der Waals surface area (Å²) in [6, 6.07) is 0. The predicted molar refractivity (Wildman–Crippen MR) is 143 cm³/mol. The standard InChI is InChI=1S/C31H48N2O4/c1-26(2)22-9-12-31(7)24(29(22,5)11-10-23(26)32-36)21(34)17-19-20-18-28(4,25(35)33(8)37)14-13-27(20,3)15-16-30(19,31)6/h17,20,22,24,36-37H,9-16,18H2,1-8H3/b32-23+/t20?,22?,24?,27-,28+,29+,30-,31-/m1/s1. The molecular weight excluding hydrogens is 464 g/mol. The first-order chi connectivity index (χ1) is 17.0. The molecule has 2 N–H and O–H groups in total. The Hall–Kier alpha value is -1.69. The van der Waals surface area contributed by atoms with Crippen LogP contribution in [0.1, 0.15) is 106 Å². The minimum atomic E-state index is -0.620. The molecule has 37 heavy (non-hydrogen) atoms. The number of hydroxylamine groups is 2. The Labute approximate surface area is 222 Å². The predicted octanol–water partition coefficient (Wildman–Crippen LogP) is 6.64. The number of ketones is 1. The summed E-state index contributed by atoms with van der Waals surface area (Å²) in [5.74, 6) is 0.454. The molecule has 5 aliphatic rings. The smallest absolute Gasteiger partial charge is 0.251 e. The lowest BCUT2D eigenvalue weighted by molar-refractivity contribution is -0.182. The summed E-state index contributed by atoms with van der Waals surface area (Å²) in [4.78, 5) is 27.4. The van der Waals surface area contributed by atoms with Gasteiger partial charge in [-0.3, -0.25) is 14.8 Å². The van der Waals surface area contributed by atoms with Gasteiger partial charge in [0.05, 0.1) is 5.71 Å². The van der Waals surface area contributed by atoms with Gasteiger partial charge >= 0.3 is 0 Å². The number of amides is 1. The maximum absolute atomic E-state index is 14.4. The summed E-state index contributed by atoms with van der Waals surface area (Å²) < 4.78 is 0. The van der Waals surface area contributed by atoms with E-state index in [-0.39, 0.29) is 50.6 Å². The molecule has 5 aliphatic carbocycles. The summed E-state index contributed by atoms with van der Waals surface area (Å²) in [5.41, 5.74) is 0.956. The van der Waals surface area contributed by atoms with E-state index in [4.69, 9.17) is 0 Å². The summed E-state index contributed by atoms with van der Waals surface area (Å²) >= 11 is 0. The van der Waals surface area contributed by atoms with Gasteiger partial charge in [-0.25, -0.2) is 5.06 Å². The molecule has 0 bridgehead atoms. The first kappa shape index (κ1) is 26.9. The zero-order chi connectivity index (χ0) is 27.4. The van der Waals surface area contributed by atoms with E-state index >= 15 is 0 Å². The van der Waals surface area contributed by atoms with E-state index in [1.54, 1.807) is 0 Å². The molecule has 0 aromatic rings. The van der Waals surface area contributed by atoms with Crippen molar-refractivity contribution in [3.05, 3.63) is 11.6 Å². The van der Waals surface area contributed by atoms with Crippen LogP contribution in [0.3, 0.4) is 0 Å². The van der Waals surface area contributed by atoms with Crippen molar-refractivity contribution >= 4 is 17.4 Å². The summed E-state index contributed by atoms with van der Waals surface area (Å²) in [6.45, 7) is 15.9. The molecule has 0 aromatic heterocycles. The minimum absolute atomic E-state index is 0.0587. The molecule has 4 saturated carbocycles. The van der Waals surface area contributed by atoms with Crippen LogP contribution in [0, 0.1) is 50.2 Å². The number of hydrogen-bond donors (Lipinski definition) is 2. The number of carbonyl (C=O) groups is 2. The molecular formula is C31H48N2O4. The van der Waals surface area contributed by atoms with Crippen LogP contribution >= 0.6 is 0 Å². The van der Waals surface area contributed by atoms with E-state index in [2.05, 4.69) is 46.7 Å². The maximum Gasteiger partial charge on any atom is 0.251 e. The third-order valence-corrected chi connectivity index (χ3v) is 13.3. The Kier molecular flexibility index (Phi) is 5.76. The molecule has 1 amide bonds. The maximum atomic E-state index is 14.4. The van der Waals surface area contributed by atoms with Crippen molar-refractivity contribution in [2.24, 2.45) is 55.4 Å². The van der Waals surface area contributed by atoms with Crippen LogP contribution in [-0.4, -0.2) is 39.9 Å². The van der Waals surface area contributed by atoms with Gasteiger partial charge in [-0.05, 0) is 97.4 Å². The highest BCUT2D eigenvalue weighted by atomic mass is 16.5. The molecule has 6 nitrogen and oxygen atoms in total. The Morgan fingerprint density at radius 2 is 1.65 bits per heavy atom. The third-order valence-electron chi connectivity index (χ3n) is 13.3. The Balaban J connectivity index is 1.60. The van der Waals surface area contributed by atoms with Crippen LogP contribution in [0.2, 0.25) is 0 Å². The second-order valence-electron chi connectivity index (χ2n) is 15.4. The highest BCUT2D eigenvalue weighted by Crippen LogP contribution is 2.74. The van der Waals surface area contributed by atoms with Gasteiger partial charge in [0.25, 0.3) is 5.91 Å². The van der Waals surface area contributed by atoms with Gasteiger partial charge in [-0.15, -0.1) is 0 Å². The molecule has 4 fully saturated rings. The molecule has 3 unspecified atom stereocenters. The summed E-state index contributed by atoms with van der Waals surface area (Å²) in [5, 5.41) is 24.2. The van der Waals surface area contributed by atoms with Crippen LogP contribution in [0.5, 0.6) is 0 Å². The minimum Gasteiger partial charge on any atom is -0.411 e. The van der Waals surface area contributed by atoms with Gasteiger partial charge in [-0.2, -0.15) is 0 Å². The molecule has 0 heterocycles. The Morgan fingerprint density at radius 1 is 1.00 bits per heavy atom. The van der Waals surface area contributed by atoms with Crippen molar-refractivity contribution in [2.75, 3.05) is 7.05 Å². The fourth-order valence-corrected chi connectivity index (χ4v) is 10.8. The fraction of sp³-hybridized carbons (Fsp3) is 0.839. The van der Waals surface area contributed by atoms with Crippen LogP contribution in [0.4, 0.5) is 0 Å². The highest BCUT2D eigenvalue weighted by Gasteiger charge is 2.70. The third kappa shape index (κ3) is 3.29. The molecule has 206 valence electrons. The normalized spacial score (nSPS) is 49.8. The first-order valence-electron chi connectivity index (χ1n) is 14.4. The number of nitrogens with zero attached hydrogens (tertiary/aromatic N) is 2. The van der Waals surface area contributed by atoms with Crippen LogP contribution < -0.4 is 0 Å². The van der Waals surface area contributed by atoms with E-state index < -0.39 is 5.41 Å². The second-order valence-corrected chi connectivity index (χ2v) is 15.4. The topological polar surface area (TPSA) is 90.2 Å². The van der Waals surface area contributed by atoms with E-state index in [1.807, 2.05) is 13.0 Å². The first-order valence-corrected chi connectivity index (χ1v) is 14.4. The number of rotatable bonds is 1. The van der Waals surface area contributed by atoms with E-state index in [9.17, 15) is 20.0 Å². The average molecular weight is 513 g/mol. The SMILES string of the molecule is CN(O)C(=O)[C@@]1(C)CC[C@]2(C)CC[C@]3(C)C(=CC(=O)C4[C@@]5(C)CC/C(=N\O)C(C)(C)C5CC[C@]43C)C2C1. The molecule has 0 radical (unpaired) electrons. The summed E-state index contributed by atoms with van der Waals surface area (Å²) in [7, 11) is 1.43. The lowest BCUT2D eigenvalue weighted by Crippen LogP contribution is -2.66. The largest absolute Gasteiger partial charge is 0.411 e. The van der Waals surface area contributed by atoms with E-state index in [0.717, 1.165) is 62.1 Å². The monoisotopic (exact) mass is 512 g/mol. The summed E-state index contributed by atoms with van der Waals surface area (Å²) in [6.07, 6.45) is 10.2. The zero-order valence-corrected chi connectivity index (χ0v) is 24.3. The van der Waals surface area contributed by atoms with Crippen LogP contribution in [0.15, 0.2) is 16.8 Å². The second kappa shape index (κ2) is 7.92. The Morgan fingerprint density at radius 3 is 2.27 bits per heavy atom.